The second kappa shape index (κ2) is 10.6. The molecule has 7 heteroatoms. The van der Waals surface area contributed by atoms with Crippen molar-refractivity contribution in [2.24, 2.45) is 0 Å². The van der Waals surface area contributed by atoms with E-state index in [0.717, 1.165) is 15.9 Å². The van der Waals surface area contributed by atoms with Gasteiger partial charge < -0.3 is 20.4 Å². The van der Waals surface area contributed by atoms with E-state index in [-0.39, 0.29) is 19.6 Å². The summed E-state index contributed by atoms with van der Waals surface area (Å²) >= 11 is 0. The molecule has 0 aliphatic rings. The number of amides is 1. The summed E-state index contributed by atoms with van der Waals surface area (Å²) in [6.07, 6.45) is 1.07. The third-order valence-corrected chi connectivity index (χ3v) is 3.77. The Morgan fingerprint density at radius 1 is 1.11 bits per heavy atom. The van der Waals surface area contributed by atoms with Crippen molar-refractivity contribution in [2.75, 3.05) is 6.54 Å². The molecule has 0 fully saturated rings. The van der Waals surface area contributed by atoms with Crippen LogP contribution in [0.25, 0.3) is 0 Å². The molecule has 1 atom stereocenters. The number of hydrogen-bond acceptors (Lipinski definition) is 4. The van der Waals surface area contributed by atoms with Gasteiger partial charge in [-0.3, -0.25) is 0 Å². The van der Waals surface area contributed by atoms with Crippen LogP contribution in [0.3, 0.4) is 0 Å². The van der Waals surface area contributed by atoms with Gasteiger partial charge in [0.05, 0.1) is 0 Å². The molecule has 7 nitrogen and oxygen atoms in total. The highest BCUT2D eigenvalue weighted by Crippen LogP contribution is 2.03. The quantitative estimate of drug-likeness (QED) is 0.306. The van der Waals surface area contributed by atoms with Crippen LogP contribution in [0.4, 0.5) is 4.79 Å². The van der Waals surface area contributed by atoms with E-state index >= 15 is 0 Å². The first kappa shape index (κ1) is 20.0. The summed E-state index contributed by atoms with van der Waals surface area (Å²) in [4.78, 5) is 23.1. The molecule has 0 bridgehead atoms. The van der Waals surface area contributed by atoms with Crippen LogP contribution in [-0.4, -0.2) is 40.7 Å². The fraction of sp³-hybridized carbons (Fsp3) is 0.250. The molecule has 0 spiro atoms. The number of carbonyl (C=O) groups excluding carboxylic acids is 1. The van der Waals surface area contributed by atoms with Crippen molar-refractivity contribution < 1.29 is 24.2 Å². The van der Waals surface area contributed by atoms with Crippen LogP contribution in [0.5, 0.6) is 0 Å². The van der Waals surface area contributed by atoms with Crippen molar-refractivity contribution >= 4 is 18.3 Å². The van der Waals surface area contributed by atoms with Gasteiger partial charge in [-0.15, -0.1) is 0 Å². The number of aliphatic carboxylic acids is 1. The fourth-order valence-corrected chi connectivity index (χ4v) is 2.39. The molecule has 142 valence electrons. The molecule has 2 aromatic rings. The number of hydrogen-bond donors (Lipinski definition) is 2. The van der Waals surface area contributed by atoms with Gasteiger partial charge in [-0.1, -0.05) is 48.5 Å². The Hall–Kier alpha value is -3.35. The van der Waals surface area contributed by atoms with Gasteiger partial charge in [-0.2, -0.15) is 0 Å². The molecule has 0 aliphatic heterocycles. The smallest absolute Gasteiger partial charge is 0.408 e. The van der Waals surface area contributed by atoms with Gasteiger partial charge in [-0.25, -0.2) is 14.3 Å². The Morgan fingerprint density at radius 3 is 2.37 bits per heavy atom. The van der Waals surface area contributed by atoms with Crippen LogP contribution in [0.2, 0.25) is 0 Å². The zero-order chi connectivity index (χ0) is 19.5. The Balaban J connectivity index is 1.76. The molecule has 2 rings (SSSR count). The number of hydroxylamine groups is 1. The first-order valence-electron chi connectivity index (χ1n) is 8.58. The normalized spacial score (nSPS) is 12.2. The minimum Gasteiger partial charge on any atom is -0.624 e. The van der Waals surface area contributed by atoms with Gasteiger partial charge in [0.25, 0.3) is 0 Å². The maximum Gasteiger partial charge on any atom is 0.408 e. The minimum atomic E-state index is -1.17. The predicted octanol–water partition coefficient (Wildman–Crippen LogP) is 2.78. The van der Waals surface area contributed by atoms with Gasteiger partial charge >= 0.3 is 12.1 Å². The maximum absolute atomic E-state index is 11.8. The average molecular weight is 370 g/mol. The molecule has 0 unspecified atom stereocenters. The number of alkyl carbamates (subject to hydrolysis) is 1. The van der Waals surface area contributed by atoms with E-state index in [0.29, 0.717) is 6.42 Å². The second-order valence-corrected chi connectivity index (χ2v) is 5.92. The number of ether oxygens (including phenoxy) is 1. The van der Waals surface area contributed by atoms with E-state index in [2.05, 4.69) is 5.32 Å². The molecule has 0 radical (unpaired) electrons. The lowest BCUT2D eigenvalue weighted by Gasteiger charge is -2.14. The fourth-order valence-electron chi connectivity index (χ4n) is 2.39. The highest BCUT2D eigenvalue weighted by Gasteiger charge is 2.20. The Morgan fingerprint density at radius 2 is 1.74 bits per heavy atom. The van der Waals surface area contributed by atoms with Crippen LogP contribution in [-0.2, 0) is 16.1 Å². The zero-order valence-electron chi connectivity index (χ0n) is 14.8. The standard InChI is InChI=1S/C20H22N2O5/c23-19(24)18(21-20(25)27-15-17-10-5-2-6-11-17)12-7-13-22(26)14-16-8-3-1-4-9-16/h1-6,8-11,14,18H,7,12-13,15H2,(H,21,25)(H,23,24)/b22-14+/t18-/m0/s1. The van der Waals surface area contributed by atoms with Crippen molar-refractivity contribution in [3.05, 3.63) is 77.0 Å². The van der Waals surface area contributed by atoms with Gasteiger partial charge in [0.1, 0.15) is 12.6 Å². The summed E-state index contributed by atoms with van der Waals surface area (Å²) in [5.74, 6) is -1.17. The van der Waals surface area contributed by atoms with E-state index < -0.39 is 18.1 Å². The first-order chi connectivity index (χ1) is 13.0. The van der Waals surface area contributed by atoms with E-state index in [1.807, 2.05) is 36.4 Å². The minimum absolute atomic E-state index is 0.0549. The number of carboxylic acids is 1. The first-order valence-corrected chi connectivity index (χ1v) is 8.58. The predicted molar refractivity (Wildman–Crippen MR) is 101 cm³/mol. The Kier molecular flexibility index (Phi) is 7.84. The number of carbonyl (C=O) groups is 2. The van der Waals surface area contributed by atoms with Crippen LogP contribution in [0.15, 0.2) is 60.7 Å². The molecule has 2 N–H and O–H groups in total. The Bertz CT molecular complexity index is 762. The third kappa shape index (κ3) is 7.60. The number of carboxylic acid groups (broad SMARTS) is 1. The molecule has 27 heavy (non-hydrogen) atoms. The molecule has 0 saturated carbocycles. The SMILES string of the molecule is O=C(N[C@@H](CCC/[N+]([O-])=C\c1ccccc1)C(=O)O)OCc1ccccc1. The van der Waals surface area contributed by atoms with E-state index in [1.165, 1.54) is 6.21 Å². The summed E-state index contributed by atoms with van der Waals surface area (Å²) in [6, 6.07) is 17.1. The monoisotopic (exact) mass is 370 g/mol. The molecule has 0 heterocycles. The molecule has 0 aromatic heterocycles. The van der Waals surface area contributed by atoms with Crippen molar-refractivity contribution in [3.63, 3.8) is 0 Å². The summed E-state index contributed by atoms with van der Waals surface area (Å²) < 4.78 is 5.78. The van der Waals surface area contributed by atoms with Gasteiger partial charge in [0.2, 0.25) is 0 Å². The summed E-state index contributed by atoms with van der Waals surface area (Å²) in [7, 11) is 0. The maximum atomic E-state index is 11.8. The van der Waals surface area contributed by atoms with Crippen molar-refractivity contribution in [1.82, 2.24) is 5.32 Å². The van der Waals surface area contributed by atoms with E-state index in [9.17, 15) is 19.9 Å². The average Bonchev–Trinajstić information content (AvgIpc) is 2.67. The van der Waals surface area contributed by atoms with Crippen molar-refractivity contribution in [1.29, 1.82) is 0 Å². The van der Waals surface area contributed by atoms with Crippen LogP contribution in [0.1, 0.15) is 24.0 Å². The van der Waals surface area contributed by atoms with Crippen LogP contribution in [0, 0.1) is 5.21 Å². The molecule has 0 saturated heterocycles. The van der Waals surface area contributed by atoms with E-state index in [1.54, 1.807) is 24.3 Å². The van der Waals surface area contributed by atoms with Gasteiger partial charge in [0, 0.05) is 12.0 Å². The van der Waals surface area contributed by atoms with Crippen molar-refractivity contribution in [2.45, 2.75) is 25.5 Å². The zero-order valence-corrected chi connectivity index (χ0v) is 14.8. The second-order valence-electron chi connectivity index (χ2n) is 5.92. The molecular weight excluding hydrogens is 348 g/mol. The summed E-state index contributed by atoms with van der Waals surface area (Å²) in [5, 5.41) is 23.4. The molecule has 2 aromatic carbocycles. The lowest BCUT2D eigenvalue weighted by Crippen LogP contribution is -2.41. The molecule has 0 aliphatic carbocycles. The van der Waals surface area contributed by atoms with Crippen LogP contribution >= 0.6 is 0 Å². The Labute approximate surface area is 157 Å². The molecular formula is C20H22N2O5. The number of benzene rings is 2. The lowest BCUT2D eigenvalue weighted by molar-refractivity contribution is -0.453. The largest absolute Gasteiger partial charge is 0.624 e. The number of nitrogens with one attached hydrogen (secondary N) is 1. The molecule has 1 amide bonds. The van der Waals surface area contributed by atoms with Crippen LogP contribution < -0.4 is 5.32 Å². The highest BCUT2D eigenvalue weighted by molar-refractivity contribution is 5.79. The lowest BCUT2D eigenvalue weighted by atomic mass is 10.1. The summed E-state index contributed by atoms with van der Waals surface area (Å²) in [5.41, 5.74) is 1.57. The summed E-state index contributed by atoms with van der Waals surface area (Å²) in [6.45, 7) is 0.179. The van der Waals surface area contributed by atoms with Gasteiger partial charge in [-0.05, 0) is 24.1 Å². The number of rotatable bonds is 9. The van der Waals surface area contributed by atoms with Gasteiger partial charge in [0.15, 0.2) is 12.8 Å². The third-order valence-electron chi connectivity index (χ3n) is 3.77. The van der Waals surface area contributed by atoms with Crippen molar-refractivity contribution in [3.8, 4) is 0 Å². The van der Waals surface area contributed by atoms with E-state index in [4.69, 9.17) is 4.74 Å². The highest BCUT2D eigenvalue weighted by atomic mass is 16.5. The topological polar surface area (TPSA) is 102 Å². The number of nitrogens with zero attached hydrogens (tertiary/aromatic N) is 1.